The highest BCUT2D eigenvalue weighted by Gasteiger charge is 2.28. The van der Waals surface area contributed by atoms with Crippen LogP contribution in [0.25, 0.3) is 0 Å². The molecule has 5 heteroatoms. The first-order valence-corrected chi connectivity index (χ1v) is 5.43. The van der Waals surface area contributed by atoms with Crippen molar-refractivity contribution in [2.45, 2.75) is 25.7 Å². The highest BCUT2D eigenvalue weighted by atomic mass is 35.5. The van der Waals surface area contributed by atoms with Gasteiger partial charge in [-0.15, -0.1) is 11.6 Å². The van der Waals surface area contributed by atoms with Gasteiger partial charge in [-0.05, 0) is 19.8 Å². The fourth-order valence-electron chi connectivity index (χ4n) is 1.44. The van der Waals surface area contributed by atoms with Gasteiger partial charge in [0.05, 0.1) is 17.6 Å². The predicted octanol–water partition coefficient (Wildman–Crippen LogP) is 1.84. The van der Waals surface area contributed by atoms with Crippen molar-refractivity contribution in [3.8, 4) is 0 Å². The summed E-state index contributed by atoms with van der Waals surface area (Å²) in [6, 6.07) is 0. The maximum absolute atomic E-state index is 11.2. The average Bonchev–Trinajstić information content (AvgIpc) is 3.04. The largest absolute Gasteiger partial charge is 0.322 e. The SMILES string of the molecule is Cc1ncc(NC(=O)CCl)c(C2CC2)n1. The lowest BCUT2D eigenvalue weighted by Gasteiger charge is -2.08. The van der Waals surface area contributed by atoms with Gasteiger partial charge < -0.3 is 5.32 Å². The molecule has 1 aromatic rings. The van der Waals surface area contributed by atoms with Crippen molar-refractivity contribution in [3.05, 3.63) is 17.7 Å². The molecule has 0 radical (unpaired) electrons. The van der Waals surface area contributed by atoms with Crippen LogP contribution in [-0.2, 0) is 4.79 Å². The topological polar surface area (TPSA) is 54.9 Å². The summed E-state index contributed by atoms with van der Waals surface area (Å²) in [5.74, 6) is 0.960. The zero-order valence-corrected chi connectivity index (χ0v) is 9.21. The minimum Gasteiger partial charge on any atom is -0.322 e. The summed E-state index contributed by atoms with van der Waals surface area (Å²) in [6.07, 6.45) is 3.93. The number of nitrogens with zero attached hydrogens (tertiary/aromatic N) is 2. The third kappa shape index (κ3) is 2.45. The maximum Gasteiger partial charge on any atom is 0.239 e. The van der Waals surface area contributed by atoms with Crippen LogP contribution in [0.5, 0.6) is 0 Å². The van der Waals surface area contributed by atoms with Crippen molar-refractivity contribution >= 4 is 23.2 Å². The fourth-order valence-corrected chi connectivity index (χ4v) is 1.50. The second-order valence-corrected chi connectivity index (χ2v) is 3.94. The molecule has 4 nitrogen and oxygen atoms in total. The molecule has 0 saturated heterocycles. The number of alkyl halides is 1. The Bertz CT molecular complexity index is 390. The number of halogens is 1. The summed E-state index contributed by atoms with van der Waals surface area (Å²) >= 11 is 5.43. The van der Waals surface area contributed by atoms with Crippen LogP contribution in [-0.4, -0.2) is 21.8 Å². The van der Waals surface area contributed by atoms with E-state index in [-0.39, 0.29) is 11.8 Å². The van der Waals surface area contributed by atoms with Crippen molar-refractivity contribution in [3.63, 3.8) is 0 Å². The van der Waals surface area contributed by atoms with Gasteiger partial charge in [0.15, 0.2) is 0 Å². The van der Waals surface area contributed by atoms with Gasteiger partial charge in [0.25, 0.3) is 0 Å². The number of carbonyl (C=O) groups is 1. The molecule has 1 fully saturated rings. The molecule has 1 amide bonds. The van der Waals surface area contributed by atoms with Crippen LogP contribution >= 0.6 is 11.6 Å². The van der Waals surface area contributed by atoms with Crippen molar-refractivity contribution in [1.29, 1.82) is 0 Å². The average molecular weight is 226 g/mol. The van der Waals surface area contributed by atoms with Crippen molar-refractivity contribution in [2.75, 3.05) is 11.2 Å². The molecule has 1 saturated carbocycles. The molecule has 1 N–H and O–H groups in total. The minimum atomic E-state index is -0.217. The maximum atomic E-state index is 11.2. The first-order valence-electron chi connectivity index (χ1n) is 4.90. The second-order valence-electron chi connectivity index (χ2n) is 3.67. The zero-order valence-electron chi connectivity index (χ0n) is 8.46. The lowest BCUT2D eigenvalue weighted by atomic mass is 10.2. The second kappa shape index (κ2) is 4.14. The van der Waals surface area contributed by atoms with Gasteiger partial charge >= 0.3 is 0 Å². The molecule has 1 aromatic heterocycles. The van der Waals surface area contributed by atoms with E-state index >= 15 is 0 Å². The van der Waals surface area contributed by atoms with Crippen molar-refractivity contribution in [2.24, 2.45) is 0 Å². The Morgan fingerprint density at radius 3 is 3.00 bits per heavy atom. The Morgan fingerprint density at radius 2 is 2.40 bits per heavy atom. The van der Waals surface area contributed by atoms with Crippen molar-refractivity contribution in [1.82, 2.24) is 9.97 Å². The van der Waals surface area contributed by atoms with E-state index in [1.807, 2.05) is 6.92 Å². The number of amides is 1. The molecule has 15 heavy (non-hydrogen) atoms. The number of hydrogen-bond acceptors (Lipinski definition) is 3. The number of hydrogen-bond donors (Lipinski definition) is 1. The van der Waals surface area contributed by atoms with E-state index in [0.717, 1.165) is 24.4 Å². The van der Waals surface area contributed by atoms with E-state index in [4.69, 9.17) is 11.6 Å². The quantitative estimate of drug-likeness (QED) is 0.799. The summed E-state index contributed by atoms with van der Waals surface area (Å²) < 4.78 is 0. The normalized spacial score (nSPS) is 15.1. The molecule has 1 heterocycles. The van der Waals surface area contributed by atoms with Crippen LogP contribution in [0.2, 0.25) is 0 Å². The van der Waals surface area contributed by atoms with Crippen LogP contribution in [0.3, 0.4) is 0 Å². The molecule has 0 aliphatic heterocycles. The molecule has 0 aromatic carbocycles. The van der Waals surface area contributed by atoms with Crippen LogP contribution in [0.1, 0.15) is 30.3 Å². The molecule has 0 atom stereocenters. The molecule has 0 spiro atoms. The molecular weight excluding hydrogens is 214 g/mol. The van der Waals surface area contributed by atoms with Gasteiger partial charge in [0.1, 0.15) is 11.7 Å². The number of anilines is 1. The molecule has 1 aliphatic rings. The number of nitrogens with one attached hydrogen (secondary N) is 1. The van der Waals surface area contributed by atoms with Gasteiger partial charge in [-0.25, -0.2) is 9.97 Å². The predicted molar refractivity (Wildman–Crippen MR) is 58.1 cm³/mol. The highest BCUT2D eigenvalue weighted by Crippen LogP contribution is 2.42. The number of aromatic nitrogens is 2. The summed E-state index contributed by atoms with van der Waals surface area (Å²) in [5, 5.41) is 2.71. The van der Waals surface area contributed by atoms with Crippen LogP contribution in [0, 0.1) is 6.92 Å². The fraction of sp³-hybridized carbons (Fsp3) is 0.500. The lowest BCUT2D eigenvalue weighted by molar-refractivity contribution is -0.113. The van der Waals surface area contributed by atoms with Crippen LogP contribution in [0.15, 0.2) is 6.20 Å². The molecule has 80 valence electrons. The Labute approximate surface area is 93.1 Å². The van der Waals surface area contributed by atoms with E-state index in [2.05, 4.69) is 15.3 Å². The van der Waals surface area contributed by atoms with E-state index in [9.17, 15) is 4.79 Å². The third-order valence-electron chi connectivity index (χ3n) is 2.30. The Balaban J connectivity index is 2.24. The van der Waals surface area contributed by atoms with E-state index in [1.54, 1.807) is 6.20 Å². The van der Waals surface area contributed by atoms with Gasteiger partial charge in [-0.2, -0.15) is 0 Å². The van der Waals surface area contributed by atoms with Gasteiger partial charge in [0.2, 0.25) is 5.91 Å². The van der Waals surface area contributed by atoms with E-state index in [0.29, 0.717) is 11.6 Å². The van der Waals surface area contributed by atoms with Gasteiger partial charge in [0, 0.05) is 5.92 Å². The van der Waals surface area contributed by atoms with E-state index < -0.39 is 0 Å². The summed E-state index contributed by atoms with van der Waals surface area (Å²) in [5.41, 5.74) is 1.65. The standard InChI is InChI=1S/C10H12ClN3O/c1-6-12-5-8(14-9(15)4-11)10(13-6)7-2-3-7/h5,7H,2-4H2,1H3,(H,14,15). The van der Waals surface area contributed by atoms with Gasteiger partial charge in [-0.3, -0.25) is 4.79 Å². The lowest BCUT2D eigenvalue weighted by Crippen LogP contribution is -2.15. The Kier molecular flexibility index (Phi) is 2.86. The molecule has 1 aliphatic carbocycles. The summed E-state index contributed by atoms with van der Waals surface area (Å²) in [7, 11) is 0. The third-order valence-corrected chi connectivity index (χ3v) is 2.54. The van der Waals surface area contributed by atoms with Crippen LogP contribution < -0.4 is 5.32 Å². The van der Waals surface area contributed by atoms with Crippen LogP contribution in [0.4, 0.5) is 5.69 Å². The molecular formula is C10H12ClN3O. The summed E-state index contributed by atoms with van der Waals surface area (Å²) in [4.78, 5) is 19.6. The number of carbonyl (C=O) groups excluding carboxylic acids is 1. The molecule has 0 bridgehead atoms. The van der Waals surface area contributed by atoms with Crippen molar-refractivity contribution < 1.29 is 4.79 Å². The number of aryl methyl sites for hydroxylation is 1. The van der Waals surface area contributed by atoms with Gasteiger partial charge in [-0.1, -0.05) is 0 Å². The Morgan fingerprint density at radius 1 is 1.67 bits per heavy atom. The minimum absolute atomic E-state index is 0.0437. The first-order chi connectivity index (χ1) is 7.20. The number of rotatable bonds is 3. The monoisotopic (exact) mass is 225 g/mol. The summed E-state index contributed by atoms with van der Waals surface area (Å²) in [6.45, 7) is 1.85. The Hall–Kier alpha value is -1.16. The highest BCUT2D eigenvalue weighted by molar-refractivity contribution is 6.29. The zero-order chi connectivity index (χ0) is 10.8. The smallest absolute Gasteiger partial charge is 0.239 e. The first kappa shape index (κ1) is 10.4. The van der Waals surface area contributed by atoms with E-state index in [1.165, 1.54) is 0 Å². The molecule has 2 rings (SSSR count). The molecule has 0 unspecified atom stereocenters.